The van der Waals surface area contributed by atoms with Gasteiger partial charge < -0.3 is 60.2 Å². The Balaban J connectivity index is -0.0000000421. The van der Waals surface area contributed by atoms with Gasteiger partial charge >= 0.3 is 0 Å². The Kier molecular flexibility index (Phi) is 129. The van der Waals surface area contributed by atoms with Gasteiger partial charge in [-0.05, 0) is 48.0 Å². The van der Waals surface area contributed by atoms with Crippen LogP contribution in [0.1, 0.15) is 137 Å². The molecule has 12 nitrogen and oxygen atoms in total. The third kappa shape index (κ3) is 88.6. The van der Waals surface area contributed by atoms with Crippen molar-refractivity contribution < 1.29 is 43.0 Å². The summed E-state index contributed by atoms with van der Waals surface area (Å²) in [5.74, 6) is 0. The number of hydrogen-bond acceptors (Lipinski definition) is 12. The first kappa shape index (κ1) is 92.9. The van der Waals surface area contributed by atoms with Crippen LogP contribution in [0.4, 0.5) is 0 Å². The Morgan fingerprint density at radius 2 is 0.588 bits per heavy atom. The number of rotatable bonds is 27. The highest BCUT2D eigenvalue weighted by Gasteiger charge is 2.05. The van der Waals surface area contributed by atoms with E-state index in [1.165, 1.54) is 0 Å². The topological polar surface area (TPSA) is 172 Å². The highest BCUT2D eigenvalue weighted by molar-refractivity contribution is 4.55. The van der Waals surface area contributed by atoms with Crippen LogP contribution in [0.2, 0.25) is 0 Å². The van der Waals surface area contributed by atoms with Gasteiger partial charge in [-0.1, -0.05) is 89.1 Å². The normalized spacial score (nSPS) is 12.4. The third-order valence-electron chi connectivity index (χ3n) is 4.55. The Morgan fingerprint density at radius 1 is 0.353 bits per heavy atom. The van der Waals surface area contributed by atoms with Crippen LogP contribution in [0.3, 0.4) is 0 Å². The summed E-state index contributed by atoms with van der Waals surface area (Å²) in [6, 6.07) is 0.157. The van der Waals surface area contributed by atoms with E-state index in [2.05, 4.69) is 0 Å². The fraction of sp³-hybridized carbons (Fsp3) is 1.00. The fourth-order valence-electron chi connectivity index (χ4n) is 2.61. The van der Waals surface area contributed by atoms with Crippen LogP contribution in [0, 0.1) is 0 Å². The van der Waals surface area contributed by atoms with Crippen molar-refractivity contribution in [1.29, 1.82) is 0 Å². The van der Waals surface area contributed by atoms with E-state index in [1.54, 1.807) is 0 Å². The van der Waals surface area contributed by atoms with Gasteiger partial charge in [-0.3, -0.25) is 0 Å². The predicted octanol–water partition coefficient (Wildman–Crippen LogP) is 8.33. The molecule has 0 saturated carbocycles. The maximum atomic E-state index is 8.41. The van der Waals surface area contributed by atoms with Crippen molar-refractivity contribution in [1.82, 2.24) is 0 Å². The molecular weight excluding hydrogens is 654 g/mol. The standard InChI is InChI=1S/C19H42N2O6.C8H19NO3.12CH4/c1-16(20)12-26-18(3)14-24-10-8-22-6-5-7-23-9-11-25-15-19(4)27-13-17(2)21;1-7(9)5-12-8(2)6-11-4-3-10;;;;;;;;;;;;/h16-19H,5-15,20-21H2,1-4H3;7-8,10H,3-6,9H2,1-2H3;12*1H4. The molecule has 0 aromatic rings. The van der Waals surface area contributed by atoms with Crippen molar-refractivity contribution in [2.24, 2.45) is 17.2 Å². The zero-order valence-electron chi connectivity index (χ0n) is 25.5. The summed E-state index contributed by atoms with van der Waals surface area (Å²) in [6.45, 7) is 18.8. The molecule has 0 aromatic carbocycles. The molecule has 334 valence electrons. The smallest absolute Gasteiger partial charge is 0.0781 e. The predicted molar refractivity (Wildman–Crippen MR) is 234 cm³/mol. The second-order valence-electron chi connectivity index (χ2n) is 9.89. The third-order valence-corrected chi connectivity index (χ3v) is 4.55. The molecule has 0 aliphatic carbocycles. The van der Waals surface area contributed by atoms with E-state index in [0.717, 1.165) is 6.42 Å². The first-order valence-corrected chi connectivity index (χ1v) is 14.2. The summed E-state index contributed by atoms with van der Waals surface area (Å²) in [5, 5.41) is 8.41. The van der Waals surface area contributed by atoms with Crippen LogP contribution in [0.5, 0.6) is 0 Å². The highest BCUT2D eigenvalue weighted by atomic mass is 16.6. The molecule has 0 radical (unpaired) electrons. The zero-order valence-corrected chi connectivity index (χ0v) is 25.5. The molecular formula is C39H109N3O9. The molecule has 12 heteroatoms. The molecule has 6 atom stereocenters. The van der Waals surface area contributed by atoms with E-state index in [-0.39, 0.29) is 132 Å². The first-order chi connectivity index (χ1) is 18.6. The molecule has 0 spiro atoms. The number of aliphatic hydroxyl groups is 1. The Hall–Kier alpha value is -0.480. The van der Waals surface area contributed by atoms with Crippen LogP contribution in [0.25, 0.3) is 0 Å². The zero-order chi connectivity index (χ0) is 29.7. The van der Waals surface area contributed by atoms with E-state index < -0.39 is 0 Å². The highest BCUT2D eigenvalue weighted by Crippen LogP contribution is 1.96. The van der Waals surface area contributed by atoms with Gasteiger partial charge in [-0.15, -0.1) is 0 Å². The summed E-state index contributed by atoms with van der Waals surface area (Å²) in [4.78, 5) is 0. The van der Waals surface area contributed by atoms with Crippen LogP contribution in [0.15, 0.2) is 0 Å². The molecule has 0 aromatic heterocycles. The molecule has 0 bridgehead atoms. The molecule has 51 heavy (non-hydrogen) atoms. The molecule has 0 saturated heterocycles. The quantitative estimate of drug-likeness (QED) is 0.0591. The van der Waals surface area contributed by atoms with Crippen molar-refractivity contribution >= 4 is 0 Å². The number of aliphatic hydroxyl groups excluding tert-OH is 1. The van der Waals surface area contributed by atoms with Crippen molar-refractivity contribution in [3.05, 3.63) is 0 Å². The summed E-state index contributed by atoms with van der Waals surface area (Å²) in [6.07, 6.45) is 0.986. The van der Waals surface area contributed by atoms with Crippen LogP contribution >= 0.6 is 0 Å². The lowest BCUT2D eigenvalue weighted by Crippen LogP contribution is -2.27. The van der Waals surface area contributed by atoms with Crippen molar-refractivity contribution in [3.63, 3.8) is 0 Å². The van der Waals surface area contributed by atoms with Gasteiger partial charge in [0.15, 0.2) is 0 Å². The molecule has 0 rings (SSSR count). The van der Waals surface area contributed by atoms with Gasteiger partial charge in [0.25, 0.3) is 0 Å². The summed E-state index contributed by atoms with van der Waals surface area (Å²) in [5.41, 5.74) is 16.7. The van der Waals surface area contributed by atoms with E-state index in [1.807, 2.05) is 41.5 Å². The minimum atomic E-state index is 0. The van der Waals surface area contributed by atoms with Gasteiger partial charge in [-0.2, -0.15) is 0 Å². The molecule has 0 heterocycles. The fourth-order valence-corrected chi connectivity index (χ4v) is 2.61. The molecule has 0 aliphatic heterocycles. The minimum absolute atomic E-state index is 0. The van der Waals surface area contributed by atoms with E-state index >= 15 is 0 Å². The monoisotopic (exact) mass is 764 g/mol. The Morgan fingerprint density at radius 3 is 0.824 bits per heavy atom. The SMILES string of the molecule is C.C.C.C.C.C.C.C.C.C.C.C.CC(N)COC(C)COCCO.CC(N)COC(C)COCCOCCCOCCOCC(C)OCC(C)N. The Bertz CT molecular complexity index is 455. The molecule has 0 aliphatic rings. The van der Waals surface area contributed by atoms with Gasteiger partial charge in [0.1, 0.15) is 0 Å². The maximum absolute atomic E-state index is 8.41. The summed E-state index contributed by atoms with van der Waals surface area (Å²) in [7, 11) is 0. The van der Waals surface area contributed by atoms with Gasteiger partial charge in [-0.25, -0.2) is 0 Å². The van der Waals surface area contributed by atoms with E-state index in [4.69, 9.17) is 60.2 Å². The molecule has 0 fully saturated rings. The first-order valence-electron chi connectivity index (χ1n) is 14.2. The average molecular weight is 764 g/mol. The second kappa shape index (κ2) is 71.0. The van der Waals surface area contributed by atoms with E-state index in [0.29, 0.717) is 85.9 Å². The van der Waals surface area contributed by atoms with Crippen LogP contribution in [-0.2, 0) is 37.9 Å². The largest absolute Gasteiger partial charge is 0.394 e. The molecule has 7 N–H and O–H groups in total. The van der Waals surface area contributed by atoms with Crippen molar-refractivity contribution in [2.45, 2.75) is 174 Å². The average Bonchev–Trinajstić information content (AvgIpc) is 2.88. The van der Waals surface area contributed by atoms with Gasteiger partial charge in [0, 0.05) is 31.3 Å². The van der Waals surface area contributed by atoms with Crippen molar-refractivity contribution in [2.75, 3.05) is 92.5 Å². The summed E-state index contributed by atoms with van der Waals surface area (Å²) < 4.78 is 43.4. The van der Waals surface area contributed by atoms with E-state index in [9.17, 15) is 0 Å². The number of hydrogen-bond donors (Lipinski definition) is 4. The second-order valence-corrected chi connectivity index (χ2v) is 9.89. The van der Waals surface area contributed by atoms with Crippen LogP contribution in [-0.4, -0.2) is 134 Å². The number of ether oxygens (including phenoxy) is 8. The number of nitrogens with two attached hydrogens (primary N) is 3. The minimum Gasteiger partial charge on any atom is -0.394 e. The lowest BCUT2D eigenvalue weighted by Gasteiger charge is -2.15. The Labute approximate surface area is 325 Å². The lowest BCUT2D eigenvalue weighted by molar-refractivity contribution is -0.0323. The summed E-state index contributed by atoms with van der Waals surface area (Å²) >= 11 is 0. The lowest BCUT2D eigenvalue weighted by atomic mass is 10.4. The molecule has 0 amide bonds. The molecule has 6 unspecified atom stereocenters. The van der Waals surface area contributed by atoms with Crippen LogP contribution < -0.4 is 17.2 Å². The van der Waals surface area contributed by atoms with Gasteiger partial charge in [0.05, 0.1) is 97.6 Å². The maximum Gasteiger partial charge on any atom is 0.0781 e. The van der Waals surface area contributed by atoms with Crippen molar-refractivity contribution in [3.8, 4) is 0 Å². The van der Waals surface area contributed by atoms with Gasteiger partial charge in [0.2, 0.25) is 0 Å².